The fourth-order valence-corrected chi connectivity index (χ4v) is 1.97. The number of aromatic nitrogens is 2. The van der Waals surface area contributed by atoms with Crippen molar-refractivity contribution in [1.82, 2.24) is 9.97 Å². The molecule has 0 bridgehead atoms. The average molecular weight is 272 g/mol. The summed E-state index contributed by atoms with van der Waals surface area (Å²) >= 11 is 0. The van der Waals surface area contributed by atoms with Crippen LogP contribution in [0, 0.1) is 6.92 Å². The summed E-state index contributed by atoms with van der Waals surface area (Å²) in [7, 11) is 0. The lowest BCUT2D eigenvalue weighted by Gasteiger charge is -2.19. The Morgan fingerprint density at radius 2 is 1.95 bits per heavy atom. The van der Waals surface area contributed by atoms with E-state index in [2.05, 4.69) is 15.3 Å². The van der Waals surface area contributed by atoms with Crippen LogP contribution >= 0.6 is 0 Å². The molecule has 0 aliphatic rings. The maximum Gasteiger partial charge on any atom is 0.135 e. The number of hydrogen-bond donors (Lipinski definition) is 3. The lowest BCUT2D eigenvalue weighted by atomic mass is 10.1. The normalized spacial score (nSPS) is 12.2. The van der Waals surface area contributed by atoms with Gasteiger partial charge in [-0.2, -0.15) is 0 Å². The van der Waals surface area contributed by atoms with Crippen molar-refractivity contribution in [2.24, 2.45) is 0 Å². The lowest BCUT2D eigenvalue weighted by Crippen LogP contribution is -2.18. The standard InChI is InChI=1S/C15H20N4O/c1-3-13-18-14(16)10(2)15(19-13)17-12(9-20)11-7-5-4-6-8-11/h4-8,12,20H,3,9H2,1-2H3,(H3,16,17,18,19). The van der Waals surface area contributed by atoms with Gasteiger partial charge in [-0.1, -0.05) is 37.3 Å². The molecule has 0 radical (unpaired) electrons. The van der Waals surface area contributed by atoms with Crippen molar-refractivity contribution in [2.45, 2.75) is 26.3 Å². The second-order valence-corrected chi connectivity index (χ2v) is 4.64. The van der Waals surface area contributed by atoms with Gasteiger partial charge in [0.1, 0.15) is 17.5 Å². The third kappa shape index (κ3) is 3.05. The SMILES string of the molecule is CCc1nc(N)c(C)c(NC(CO)c2ccccc2)n1. The van der Waals surface area contributed by atoms with Crippen LogP contribution in [0.15, 0.2) is 30.3 Å². The highest BCUT2D eigenvalue weighted by molar-refractivity contribution is 5.55. The number of anilines is 2. The Labute approximate surface area is 118 Å². The average Bonchev–Trinajstić information content (AvgIpc) is 2.49. The van der Waals surface area contributed by atoms with Gasteiger partial charge in [-0.3, -0.25) is 0 Å². The minimum atomic E-state index is -0.214. The number of aliphatic hydroxyl groups excluding tert-OH is 1. The van der Waals surface area contributed by atoms with Gasteiger partial charge in [0.15, 0.2) is 0 Å². The van der Waals surface area contributed by atoms with Gasteiger partial charge in [0, 0.05) is 12.0 Å². The highest BCUT2D eigenvalue weighted by Crippen LogP contribution is 2.23. The molecule has 5 nitrogen and oxygen atoms in total. The Kier molecular flexibility index (Phi) is 4.53. The number of aliphatic hydroxyl groups is 1. The zero-order valence-electron chi connectivity index (χ0n) is 11.8. The van der Waals surface area contributed by atoms with E-state index in [4.69, 9.17) is 5.73 Å². The van der Waals surface area contributed by atoms with E-state index in [9.17, 15) is 5.11 Å². The summed E-state index contributed by atoms with van der Waals surface area (Å²) in [5.74, 6) is 1.85. The van der Waals surface area contributed by atoms with E-state index < -0.39 is 0 Å². The summed E-state index contributed by atoms with van der Waals surface area (Å²) in [5.41, 5.74) is 7.71. The van der Waals surface area contributed by atoms with Crippen LogP contribution < -0.4 is 11.1 Å². The van der Waals surface area contributed by atoms with Crippen LogP contribution in [0.1, 0.15) is 29.9 Å². The first-order chi connectivity index (χ1) is 9.65. The van der Waals surface area contributed by atoms with E-state index in [-0.39, 0.29) is 12.6 Å². The zero-order chi connectivity index (χ0) is 14.5. The Bertz CT molecular complexity index is 572. The minimum absolute atomic E-state index is 0.0190. The first-order valence-corrected chi connectivity index (χ1v) is 6.71. The van der Waals surface area contributed by atoms with E-state index >= 15 is 0 Å². The van der Waals surface area contributed by atoms with Crippen LogP contribution in [0.5, 0.6) is 0 Å². The molecule has 0 saturated heterocycles. The molecule has 0 saturated carbocycles. The molecule has 20 heavy (non-hydrogen) atoms. The van der Waals surface area contributed by atoms with Gasteiger partial charge in [0.2, 0.25) is 0 Å². The number of benzene rings is 1. The molecule has 1 unspecified atom stereocenters. The molecule has 1 heterocycles. The van der Waals surface area contributed by atoms with E-state index in [0.717, 1.165) is 11.1 Å². The van der Waals surface area contributed by atoms with Gasteiger partial charge in [-0.05, 0) is 12.5 Å². The number of nitrogens with one attached hydrogen (secondary N) is 1. The number of nitrogens with zero attached hydrogens (tertiary/aromatic N) is 2. The van der Waals surface area contributed by atoms with Crippen LogP contribution in [-0.2, 0) is 6.42 Å². The Morgan fingerprint density at radius 3 is 2.55 bits per heavy atom. The smallest absolute Gasteiger partial charge is 0.135 e. The molecule has 0 aliphatic carbocycles. The molecule has 1 atom stereocenters. The van der Waals surface area contributed by atoms with Gasteiger partial charge in [-0.15, -0.1) is 0 Å². The molecule has 106 valence electrons. The summed E-state index contributed by atoms with van der Waals surface area (Å²) < 4.78 is 0. The highest BCUT2D eigenvalue weighted by atomic mass is 16.3. The third-order valence-corrected chi connectivity index (χ3v) is 3.24. The molecule has 5 heteroatoms. The molecule has 2 rings (SSSR count). The molecule has 0 spiro atoms. The van der Waals surface area contributed by atoms with E-state index in [1.165, 1.54) is 0 Å². The van der Waals surface area contributed by atoms with Crippen LogP contribution in [0.2, 0.25) is 0 Å². The predicted octanol–water partition coefficient (Wildman–Crippen LogP) is 2.08. The van der Waals surface area contributed by atoms with Crippen molar-refractivity contribution in [1.29, 1.82) is 0 Å². The van der Waals surface area contributed by atoms with E-state index in [1.807, 2.05) is 44.2 Å². The molecule has 0 aliphatic heterocycles. The monoisotopic (exact) mass is 272 g/mol. The second-order valence-electron chi connectivity index (χ2n) is 4.64. The Hall–Kier alpha value is -2.14. The number of nitrogens with two attached hydrogens (primary N) is 1. The number of hydrogen-bond acceptors (Lipinski definition) is 5. The fraction of sp³-hybridized carbons (Fsp3) is 0.333. The molecular formula is C15H20N4O. The molecule has 4 N–H and O–H groups in total. The summed E-state index contributed by atoms with van der Waals surface area (Å²) in [6, 6.07) is 9.55. The highest BCUT2D eigenvalue weighted by Gasteiger charge is 2.14. The first kappa shape index (κ1) is 14.3. The van der Waals surface area contributed by atoms with Crippen LogP contribution in [-0.4, -0.2) is 21.7 Å². The number of nitrogen functional groups attached to an aromatic ring is 1. The summed E-state index contributed by atoms with van der Waals surface area (Å²) in [6.07, 6.45) is 0.717. The molecule has 0 amide bonds. The van der Waals surface area contributed by atoms with Gasteiger partial charge in [0.25, 0.3) is 0 Å². The third-order valence-electron chi connectivity index (χ3n) is 3.24. The summed E-state index contributed by atoms with van der Waals surface area (Å²) in [5, 5.41) is 12.8. The van der Waals surface area contributed by atoms with Gasteiger partial charge >= 0.3 is 0 Å². The molecular weight excluding hydrogens is 252 g/mol. The topological polar surface area (TPSA) is 84.1 Å². The fourth-order valence-electron chi connectivity index (χ4n) is 1.97. The van der Waals surface area contributed by atoms with Crippen molar-refractivity contribution in [3.05, 3.63) is 47.3 Å². The Balaban J connectivity index is 2.30. The number of aryl methyl sites for hydroxylation is 1. The number of rotatable bonds is 5. The van der Waals surface area contributed by atoms with Gasteiger partial charge in [0.05, 0.1) is 12.6 Å². The van der Waals surface area contributed by atoms with Crippen LogP contribution in [0.4, 0.5) is 11.6 Å². The van der Waals surface area contributed by atoms with Crippen molar-refractivity contribution in [3.63, 3.8) is 0 Å². The van der Waals surface area contributed by atoms with Crippen molar-refractivity contribution >= 4 is 11.6 Å². The summed E-state index contributed by atoms with van der Waals surface area (Å²) in [6.45, 7) is 3.83. The van der Waals surface area contributed by atoms with E-state index in [0.29, 0.717) is 23.9 Å². The first-order valence-electron chi connectivity index (χ1n) is 6.71. The minimum Gasteiger partial charge on any atom is -0.394 e. The zero-order valence-corrected chi connectivity index (χ0v) is 11.8. The van der Waals surface area contributed by atoms with Crippen LogP contribution in [0.25, 0.3) is 0 Å². The lowest BCUT2D eigenvalue weighted by molar-refractivity contribution is 0.276. The van der Waals surface area contributed by atoms with Crippen molar-refractivity contribution in [3.8, 4) is 0 Å². The maximum atomic E-state index is 9.59. The van der Waals surface area contributed by atoms with E-state index in [1.54, 1.807) is 0 Å². The largest absolute Gasteiger partial charge is 0.394 e. The van der Waals surface area contributed by atoms with Crippen molar-refractivity contribution < 1.29 is 5.11 Å². The second kappa shape index (κ2) is 6.34. The molecule has 0 fully saturated rings. The Morgan fingerprint density at radius 1 is 1.25 bits per heavy atom. The van der Waals surface area contributed by atoms with Crippen LogP contribution in [0.3, 0.4) is 0 Å². The summed E-state index contributed by atoms with van der Waals surface area (Å²) in [4.78, 5) is 8.67. The maximum absolute atomic E-state index is 9.59. The predicted molar refractivity (Wildman–Crippen MR) is 80.5 cm³/mol. The van der Waals surface area contributed by atoms with Gasteiger partial charge < -0.3 is 16.2 Å². The molecule has 1 aromatic carbocycles. The molecule has 1 aromatic heterocycles. The van der Waals surface area contributed by atoms with Crippen molar-refractivity contribution in [2.75, 3.05) is 17.7 Å². The quantitative estimate of drug-likeness (QED) is 0.776. The molecule has 2 aromatic rings. The van der Waals surface area contributed by atoms with Gasteiger partial charge in [-0.25, -0.2) is 9.97 Å².